The molecule has 0 aromatic heterocycles. The lowest BCUT2D eigenvalue weighted by atomic mass is 9.68. The highest BCUT2D eigenvalue weighted by molar-refractivity contribution is 5.07. The van der Waals surface area contributed by atoms with Gasteiger partial charge in [0.2, 0.25) is 0 Å². The summed E-state index contributed by atoms with van der Waals surface area (Å²) in [7, 11) is 0. The molecule has 3 nitrogen and oxygen atoms in total. The van der Waals surface area contributed by atoms with Gasteiger partial charge in [-0.1, -0.05) is 13.8 Å². The minimum Gasteiger partial charge on any atom is -0.388 e. The number of hydrogen-bond donors (Lipinski definition) is 1. The molecule has 1 aliphatic heterocycles. The standard InChI is InChI=1S/C12H24NO2/c1-6-10(3)8-9-12(5,14)11(4,7-2)13(10)15/h14H,6-9H2,1-5H3. The van der Waals surface area contributed by atoms with Gasteiger partial charge in [-0.05, 0) is 46.5 Å². The van der Waals surface area contributed by atoms with Crippen LogP contribution in [0.4, 0.5) is 0 Å². The summed E-state index contributed by atoms with van der Waals surface area (Å²) < 4.78 is 0. The molecule has 1 radical (unpaired) electrons. The van der Waals surface area contributed by atoms with Gasteiger partial charge in [0.25, 0.3) is 0 Å². The molecule has 1 saturated heterocycles. The van der Waals surface area contributed by atoms with Gasteiger partial charge in [-0.15, -0.1) is 10.3 Å². The Bertz CT molecular complexity index is 242. The number of rotatable bonds is 2. The predicted molar refractivity (Wildman–Crippen MR) is 59.8 cm³/mol. The number of hydrogen-bond acceptors (Lipinski definition) is 2. The average molecular weight is 214 g/mol. The van der Waals surface area contributed by atoms with Crippen LogP contribution in [0.15, 0.2) is 0 Å². The number of hydroxylamine groups is 2. The van der Waals surface area contributed by atoms with Gasteiger partial charge in [-0.2, -0.15) is 0 Å². The van der Waals surface area contributed by atoms with E-state index >= 15 is 0 Å². The Morgan fingerprint density at radius 1 is 1.13 bits per heavy atom. The zero-order valence-corrected chi connectivity index (χ0v) is 10.6. The van der Waals surface area contributed by atoms with Crippen molar-refractivity contribution in [2.75, 3.05) is 0 Å². The van der Waals surface area contributed by atoms with Crippen molar-refractivity contribution in [1.82, 2.24) is 5.06 Å². The smallest absolute Gasteiger partial charge is 0.0824 e. The van der Waals surface area contributed by atoms with Gasteiger partial charge in [0, 0.05) is 5.54 Å². The van der Waals surface area contributed by atoms with Crippen LogP contribution in [0.1, 0.15) is 60.3 Å². The normalized spacial score (nSPS) is 48.2. The molecule has 0 bridgehead atoms. The second-order valence-electron chi connectivity index (χ2n) is 5.55. The molecule has 3 heteroatoms. The van der Waals surface area contributed by atoms with Crippen LogP contribution in [0.5, 0.6) is 0 Å². The lowest BCUT2D eigenvalue weighted by Gasteiger charge is -2.56. The van der Waals surface area contributed by atoms with Crippen LogP contribution in [0.25, 0.3) is 0 Å². The van der Waals surface area contributed by atoms with Gasteiger partial charge in [-0.3, -0.25) is 0 Å². The molecule has 0 aliphatic carbocycles. The molecular weight excluding hydrogens is 190 g/mol. The van der Waals surface area contributed by atoms with E-state index in [0.717, 1.165) is 17.9 Å². The van der Waals surface area contributed by atoms with Crippen molar-refractivity contribution in [3.8, 4) is 0 Å². The molecule has 1 fully saturated rings. The lowest BCUT2D eigenvalue weighted by molar-refractivity contribution is -0.339. The topological polar surface area (TPSA) is 43.4 Å². The first-order valence-corrected chi connectivity index (χ1v) is 5.93. The van der Waals surface area contributed by atoms with Crippen molar-refractivity contribution < 1.29 is 10.3 Å². The maximum absolute atomic E-state index is 12.4. The Morgan fingerprint density at radius 3 is 2.07 bits per heavy atom. The molecule has 0 saturated carbocycles. The van der Waals surface area contributed by atoms with E-state index in [1.54, 1.807) is 6.92 Å². The zero-order valence-electron chi connectivity index (χ0n) is 10.6. The highest BCUT2D eigenvalue weighted by Crippen LogP contribution is 2.46. The third-order valence-corrected chi connectivity index (χ3v) is 4.70. The molecule has 1 N–H and O–H groups in total. The van der Waals surface area contributed by atoms with Gasteiger partial charge in [0.15, 0.2) is 0 Å². The summed E-state index contributed by atoms with van der Waals surface area (Å²) in [5.41, 5.74) is -1.85. The SMILES string of the molecule is CCC1(C)CCC(C)(O)C(C)(CC)N1[O]. The molecule has 0 aromatic rings. The van der Waals surface area contributed by atoms with Crippen LogP contribution in [0.3, 0.4) is 0 Å². The Balaban J connectivity index is 3.08. The molecule has 3 atom stereocenters. The van der Waals surface area contributed by atoms with Crippen molar-refractivity contribution in [2.45, 2.75) is 77.0 Å². The third-order valence-electron chi connectivity index (χ3n) is 4.70. The Kier molecular flexibility index (Phi) is 3.21. The molecule has 89 valence electrons. The third kappa shape index (κ3) is 1.71. The summed E-state index contributed by atoms with van der Waals surface area (Å²) in [6.07, 6.45) is 3.00. The quantitative estimate of drug-likeness (QED) is 0.767. The molecule has 15 heavy (non-hydrogen) atoms. The molecular formula is C12H24NO2. The monoisotopic (exact) mass is 214 g/mol. The second kappa shape index (κ2) is 3.72. The zero-order chi connectivity index (χ0) is 11.9. The van der Waals surface area contributed by atoms with Crippen LogP contribution in [-0.4, -0.2) is 26.8 Å². The van der Waals surface area contributed by atoms with Crippen molar-refractivity contribution in [1.29, 1.82) is 0 Å². The minimum absolute atomic E-state index is 0.312. The predicted octanol–water partition coefficient (Wildman–Crippen LogP) is 2.52. The Hall–Kier alpha value is -0.120. The van der Waals surface area contributed by atoms with Crippen LogP contribution in [0, 0.1) is 0 Å². The maximum atomic E-state index is 12.4. The Labute approximate surface area is 93.1 Å². The van der Waals surface area contributed by atoms with E-state index in [9.17, 15) is 10.3 Å². The minimum atomic E-state index is -0.877. The first kappa shape index (κ1) is 12.9. The molecule has 1 aliphatic rings. The highest BCUT2D eigenvalue weighted by Gasteiger charge is 2.56. The van der Waals surface area contributed by atoms with Crippen molar-refractivity contribution in [2.24, 2.45) is 0 Å². The van der Waals surface area contributed by atoms with E-state index in [0.29, 0.717) is 12.8 Å². The molecule has 0 amide bonds. The van der Waals surface area contributed by atoms with E-state index in [2.05, 4.69) is 0 Å². The van der Waals surface area contributed by atoms with Gasteiger partial charge in [0.1, 0.15) is 0 Å². The fraction of sp³-hybridized carbons (Fsp3) is 1.00. The Morgan fingerprint density at radius 2 is 1.67 bits per heavy atom. The van der Waals surface area contributed by atoms with Gasteiger partial charge >= 0.3 is 0 Å². The summed E-state index contributed by atoms with van der Waals surface area (Å²) in [5.74, 6) is 0. The summed E-state index contributed by atoms with van der Waals surface area (Å²) in [4.78, 5) is 0. The fourth-order valence-electron chi connectivity index (χ4n) is 2.54. The van der Waals surface area contributed by atoms with Crippen LogP contribution < -0.4 is 0 Å². The summed E-state index contributed by atoms with van der Waals surface area (Å²) in [6, 6.07) is 0. The van der Waals surface area contributed by atoms with Crippen LogP contribution >= 0.6 is 0 Å². The molecule has 1 rings (SSSR count). The number of nitrogens with zero attached hydrogens (tertiary/aromatic N) is 1. The van der Waals surface area contributed by atoms with E-state index < -0.39 is 11.1 Å². The van der Waals surface area contributed by atoms with E-state index in [4.69, 9.17) is 0 Å². The maximum Gasteiger partial charge on any atom is 0.0824 e. The van der Waals surface area contributed by atoms with Crippen LogP contribution in [-0.2, 0) is 5.21 Å². The summed E-state index contributed by atoms with van der Waals surface area (Å²) >= 11 is 0. The fourth-order valence-corrected chi connectivity index (χ4v) is 2.54. The largest absolute Gasteiger partial charge is 0.388 e. The van der Waals surface area contributed by atoms with E-state index in [1.807, 2.05) is 27.7 Å². The molecule has 3 unspecified atom stereocenters. The van der Waals surface area contributed by atoms with E-state index in [1.165, 1.54) is 0 Å². The lowest BCUT2D eigenvalue weighted by Crippen LogP contribution is -2.69. The number of aliphatic hydroxyl groups is 1. The van der Waals surface area contributed by atoms with Crippen molar-refractivity contribution in [3.05, 3.63) is 0 Å². The number of piperidine rings is 1. The average Bonchev–Trinajstić information content (AvgIpc) is 2.22. The summed E-state index contributed by atoms with van der Waals surface area (Å²) in [6.45, 7) is 9.69. The summed E-state index contributed by atoms with van der Waals surface area (Å²) in [5, 5.41) is 23.9. The highest BCUT2D eigenvalue weighted by atomic mass is 16.5. The van der Waals surface area contributed by atoms with Gasteiger partial charge in [0.05, 0.1) is 11.1 Å². The molecule has 0 spiro atoms. The molecule has 0 aromatic carbocycles. The second-order valence-corrected chi connectivity index (χ2v) is 5.55. The van der Waals surface area contributed by atoms with E-state index in [-0.39, 0.29) is 5.54 Å². The van der Waals surface area contributed by atoms with Crippen molar-refractivity contribution in [3.63, 3.8) is 0 Å². The first-order valence-electron chi connectivity index (χ1n) is 5.93. The van der Waals surface area contributed by atoms with Gasteiger partial charge in [-0.25, -0.2) is 0 Å². The van der Waals surface area contributed by atoms with Crippen molar-refractivity contribution >= 4 is 0 Å². The van der Waals surface area contributed by atoms with Crippen LogP contribution in [0.2, 0.25) is 0 Å². The first-order chi connectivity index (χ1) is 6.73. The van der Waals surface area contributed by atoms with Gasteiger partial charge < -0.3 is 5.11 Å². The molecule has 1 heterocycles.